The van der Waals surface area contributed by atoms with Crippen molar-refractivity contribution in [2.75, 3.05) is 13.2 Å². The van der Waals surface area contributed by atoms with Crippen LogP contribution in [0.15, 0.2) is 11.6 Å². The Morgan fingerprint density at radius 2 is 1.45 bits per heavy atom. The zero-order valence-corrected chi connectivity index (χ0v) is 35.7. The van der Waals surface area contributed by atoms with Crippen LogP contribution in [0.25, 0.3) is 0 Å². The molecule has 8 N–H and O–H groups in total. The van der Waals surface area contributed by atoms with Crippen LogP contribution in [0, 0.1) is 50.2 Å². The van der Waals surface area contributed by atoms with Gasteiger partial charge < -0.3 is 60.0 Å². The molecule has 14 heteroatoms. The van der Waals surface area contributed by atoms with Gasteiger partial charge in [-0.05, 0) is 109 Å². The van der Waals surface area contributed by atoms with E-state index in [4.69, 9.17) is 18.9 Å². The minimum atomic E-state index is -1.66. The fourth-order valence-electron chi connectivity index (χ4n) is 14.0. The van der Waals surface area contributed by atoms with E-state index in [0.29, 0.717) is 18.8 Å². The molecule has 0 bridgehead atoms. The molecular weight excluding hydrogens is 750 g/mol. The maximum Gasteiger partial charge on any atom is 0.310 e. The molecule has 0 aromatic carbocycles. The van der Waals surface area contributed by atoms with Crippen molar-refractivity contribution in [3.05, 3.63) is 11.6 Å². The number of carboxylic acids is 1. The lowest BCUT2D eigenvalue weighted by Gasteiger charge is -2.71. The number of fused-ring (bicyclic) bond motifs is 7. The van der Waals surface area contributed by atoms with Crippen molar-refractivity contribution in [1.29, 1.82) is 0 Å². The highest BCUT2D eigenvalue weighted by molar-refractivity contribution is 5.76. The Morgan fingerprint density at radius 3 is 2.10 bits per heavy atom. The van der Waals surface area contributed by atoms with Crippen molar-refractivity contribution in [2.45, 2.75) is 187 Å². The Hall–Kier alpha value is -1.72. The summed E-state index contributed by atoms with van der Waals surface area (Å²) >= 11 is 0. The van der Waals surface area contributed by atoms with Crippen LogP contribution in [0.4, 0.5) is 0 Å². The van der Waals surface area contributed by atoms with E-state index in [1.165, 1.54) is 12.5 Å². The fourth-order valence-corrected chi connectivity index (χ4v) is 14.0. The van der Waals surface area contributed by atoms with Gasteiger partial charge in [0.1, 0.15) is 48.8 Å². The predicted molar refractivity (Wildman–Crippen MR) is 210 cm³/mol. The lowest BCUT2D eigenvalue weighted by atomic mass is 9.33. The number of aliphatic carboxylic acids is 1. The highest BCUT2D eigenvalue weighted by Gasteiger charge is 2.69. The Labute approximate surface area is 343 Å². The average molecular weight is 822 g/mol. The van der Waals surface area contributed by atoms with Gasteiger partial charge in [-0.1, -0.05) is 60.1 Å². The summed E-state index contributed by atoms with van der Waals surface area (Å²) in [5, 5.41) is 76.6. The monoisotopic (exact) mass is 821 g/mol. The molecule has 14 nitrogen and oxygen atoms in total. The Bertz CT molecular complexity index is 1600. The normalized spacial score (nSPS) is 50.9. The molecule has 5 aliphatic carbocycles. The van der Waals surface area contributed by atoms with Gasteiger partial charge in [0.25, 0.3) is 0 Å². The van der Waals surface area contributed by atoms with Crippen molar-refractivity contribution in [3.8, 4) is 0 Å². The molecule has 2 aliphatic heterocycles. The van der Waals surface area contributed by atoms with Crippen LogP contribution in [0.3, 0.4) is 0 Å². The van der Waals surface area contributed by atoms with E-state index >= 15 is 0 Å². The largest absolute Gasteiger partial charge is 0.481 e. The molecule has 58 heavy (non-hydrogen) atoms. The number of aliphatic hydroxyl groups is 6. The van der Waals surface area contributed by atoms with Gasteiger partial charge in [0.15, 0.2) is 12.6 Å². The van der Waals surface area contributed by atoms with E-state index in [9.17, 15) is 45.3 Å². The molecule has 0 aromatic rings. The lowest BCUT2D eigenvalue weighted by Crippen LogP contribution is -2.67. The minimum absolute atomic E-state index is 0.0181. The molecule has 4 saturated carbocycles. The molecule has 0 spiro atoms. The summed E-state index contributed by atoms with van der Waals surface area (Å²) in [5.74, 6) is -0.389. The number of amides is 1. The van der Waals surface area contributed by atoms with E-state index < -0.39 is 91.9 Å². The standard InChI is InChI=1S/C44H71NO13/c1-22(47)45-30-33(50)32(49)26(21-55-37-35(52)34(51)31(48)25(20-46)56-37)57-36(30)58-29-12-13-41(6)27(40(29,4)5)11-14-43(8)28(41)10-9-23-24-19-39(2,3)15-17-44(24,38(53)54)18-16-42(23,43)7/h9,24-37,46,48-52H,10-21H2,1-8H3,(H,45,47)(H,53,54). The molecule has 6 fully saturated rings. The van der Waals surface area contributed by atoms with Gasteiger partial charge in [0.2, 0.25) is 5.91 Å². The summed E-state index contributed by atoms with van der Waals surface area (Å²) < 4.78 is 24.3. The average Bonchev–Trinajstić information content (AvgIpc) is 3.14. The number of hydrogen-bond acceptors (Lipinski definition) is 12. The molecular formula is C44H71NO13. The maximum absolute atomic E-state index is 13.1. The van der Waals surface area contributed by atoms with E-state index in [2.05, 4.69) is 59.9 Å². The maximum atomic E-state index is 13.1. The van der Waals surface area contributed by atoms with Gasteiger partial charge in [-0.2, -0.15) is 0 Å². The zero-order valence-electron chi connectivity index (χ0n) is 35.7. The third-order valence-electron chi connectivity index (χ3n) is 17.6. The van der Waals surface area contributed by atoms with Gasteiger partial charge in [-0.25, -0.2) is 0 Å². The van der Waals surface area contributed by atoms with E-state index in [-0.39, 0.29) is 45.0 Å². The first-order valence-corrected chi connectivity index (χ1v) is 21.8. The topological polar surface area (TPSA) is 225 Å². The number of aliphatic hydroxyl groups excluding tert-OH is 6. The SMILES string of the molecule is CC(=O)NC1C(OC2CCC3(C)C(CCC4(C)C3CC=C3C5CC(C)(C)CCC5(C(=O)O)CCC34C)C2(C)C)OC(COC2OC(CO)C(O)C(O)C2O)C(O)C1O. The van der Waals surface area contributed by atoms with Gasteiger partial charge in [-0.15, -0.1) is 0 Å². The van der Waals surface area contributed by atoms with Crippen LogP contribution in [-0.4, -0.2) is 128 Å². The van der Waals surface area contributed by atoms with Crippen LogP contribution < -0.4 is 5.32 Å². The number of hydrogen-bond donors (Lipinski definition) is 8. The van der Waals surface area contributed by atoms with Crippen molar-refractivity contribution < 1.29 is 64.3 Å². The van der Waals surface area contributed by atoms with Crippen molar-refractivity contribution in [1.82, 2.24) is 5.32 Å². The molecule has 7 aliphatic rings. The number of nitrogens with one attached hydrogen (secondary N) is 1. The molecule has 18 atom stereocenters. The highest BCUT2D eigenvalue weighted by atomic mass is 16.7. The van der Waals surface area contributed by atoms with Crippen molar-refractivity contribution in [3.63, 3.8) is 0 Å². The second-order valence-corrected chi connectivity index (χ2v) is 21.4. The van der Waals surface area contributed by atoms with E-state index in [0.717, 1.165) is 51.4 Å². The molecule has 18 unspecified atom stereocenters. The number of carboxylic acid groups (broad SMARTS) is 1. The Morgan fingerprint density at radius 1 is 0.793 bits per heavy atom. The van der Waals surface area contributed by atoms with Crippen LogP contribution >= 0.6 is 0 Å². The highest BCUT2D eigenvalue weighted by Crippen LogP contribution is 2.76. The van der Waals surface area contributed by atoms with Crippen molar-refractivity contribution >= 4 is 11.9 Å². The number of ether oxygens (including phenoxy) is 4. The van der Waals surface area contributed by atoms with E-state index in [1.807, 2.05) is 0 Å². The number of allylic oxidation sites excluding steroid dienone is 2. The minimum Gasteiger partial charge on any atom is -0.481 e. The van der Waals surface area contributed by atoms with E-state index in [1.54, 1.807) is 0 Å². The van der Waals surface area contributed by atoms with Crippen molar-refractivity contribution in [2.24, 2.45) is 50.2 Å². The van der Waals surface area contributed by atoms with Crippen LogP contribution in [0.5, 0.6) is 0 Å². The summed E-state index contributed by atoms with van der Waals surface area (Å²) in [6, 6.07) is -1.11. The molecule has 0 aromatic heterocycles. The Kier molecular flexibility index (Phi) is 11.7. The Balaban J connectivity index is 1.11. The number of carbonyl (C=O) groups excluding carboxylic acids is 1. The van der Waals surface area contributed by atoms with Gasteiger partial charge >= 0.3 is 5.97 Å². The number of rotatable bonds is 8. The van der Waals surface area contributed by atoms with Gasteiger partial charge in [0.05, 0.1) is 24.7 Å². The molecule has 2 saturated heterocycles. The first-order chi connectivity index (χ1) is 27.0. The third kappa shape index (κ3) is 6.82. The first kappa shape index (κ1) is 44.3. The fraction of sp³-hybridized carbons (Fsp3) is 0.909. The van der Waals surface area contributed by atoms with Crippen LogP contribution in [0.1, 0.15) is 120 Å². The zero-order chi connectivity index (χ0) is 42.5. The first-order valence-electron chi connectivity index (χ1n) is 21.8. The predicted octanol–water partition coefficient (Wildman–Crippen LogP) is 3.03. The van der Waals surface area contributed by atoms with Crippen LogP contribution in [-0.2, 0) is 28.5 Å². The summed E-state index contributed by atoms with van der Waals surface area (Å²) in [7, 11) is 0. The summed E-state index contributed by atoms with van der Waals surface area (Å²) in [6.07, 6.45) is -2.20. The summed E-state index contributed by atoms with van der Waals surface area (Å²) in [4.78, 5) is 25.5. The smallest absolute Gasteiger partial charge is 0.310 e. The molecule has 1 amide bonds. The molecule has 330 valence electrons. The van der Waals surface area contributed by atoms with Gasteiger partial charge in [0, 0.05) is 6.92 Å². The molecule has 2 heterocycles. The lowest BCUT2D eigenvalue weighted by molar-refractivity contribution is -0.331. The second-order valence-electron chi connectivity index (χ2n) is 21.4. The summed E-state index contributed by atoms with van der Waals surface area (Å²) in [6.45, 7) is 16.7. The number of carbonyl (C=O) groups is 2. The third-order valence-corrected chi connectivity index (χ3v) is 17.6. The van der Waals surface area contributed by atoms with Gasteiger partial charge in [-0.3, -0.25) is 9.59 Å². The molecule has 0 radical (unpaired) electrons. The summed E-state index contributed by atoms with van der Waals surface area (Å²) in [5.41, 5.74) is 0.267. The van der Waals surface area contributed by atoms with Crippen LogP contribution in [0.2, 0.25) is 0 Å². The molecule has 7 rings (SSSR count). The quantitative estimate of drug-likeness (QED) is 0.130. The second kappa shape index (κ2) is 15.3.